The lowest BCUT2D eigenvalue weighted by atomic mass is 9.62. The first-order valence-electron chi connectivity index (χ1n) is 11.8. The van der Waals surface area contributed by atoms with Crippen LogP contribution >= 0.6 is 0 Å². The average molecular weight is 419 g/mol. The van der Waals surface area contributed by atoms with Gasteiger partial charge >= 0.3 is 0 Å². The molecule has 0 spiro atoms. The summed E-state index contributed by atoms with van der Waals surface area (Å²) in [4.78, 5) is 0. The number of aliphatic hydroxyl groups is 3. The first kappa shape index (κ1) is 23.7. The van der Waals surface area contributed by atoms with Crippen molar-refractivity contribution in [2.75, 3.05) is 6.61 Å². The Labute approximate surface area is 182 Å². The summed E-state index contributed by atoms with van der Waals surface area (Å²) in [7, 11) is 0. The summed E-state index contributed by atoms with van der Waals surface area (Å²) in [5.41, 5.74) is 2.82. The highest BCUT2D eigenvalue weighted by Crippen LogP contribution is 2.58. The van der Waals surface area contributed by atoms with Crippen LogP contribution in [0.2, 0.25) is 0 Å². The lowest BCUT2D eigenvalue weighted by molar-refractivity contribution is -0.0454. The van der Waals surface area contributed by atoms with E-state index in [-0.39, 0.29) is 11.5 Å². The Morgan fingerprint density at radius 1 is 1.27 bits per heavy atom. The molecular formula is C26H42O4. The van der Waals surface area contributed by atoms with Gasteiger partial charge in [-0.1, -0.05) is 31.2 Å². The summed E-state index contributed by atoms with van der Waals surface area (Å²) >= 11 is 0. The van der Waals surface area contributed by atoms with Gasteiger partial charge < -0.3 is 20.1 Å². The number of ether oxygens (including phenoxy) is 1. The van der Waals surface area contributed by atoms with E-state index in [2.05, 4.69) is 32.6 Å². The molecule has 4 heteroatoms. The van der Waals surface area contributed by atoms with Crippen LogP contribution in [0.25, 0.3) is 0 Å². The molecule has 3 aliphatic rings. The largest absolute Gasteiger partial charge is 0.393 e. The number of rotatable bonds is 6. The molecule has 0 aromatic heterocycles. The predicted octanol–water partition coefficient (Wildman–Crippen LogP) is 4.69. The standard InChI is InChI=1S/C26H42O4/c1-17-20(15-21(27)16-24(17)28)9-8-19-7-6-12-26(5)22(10-11-23(19)26)18(2)30-14-13-25(3,4)29/h8-9,18,21-24,27-29H,1,6-7,10-16H2,2-5H3/t18-,21+,22+,23?,24?,26?/m0/s1. The van der Waals surface area contributed by atoms with Crippen LogP contribution in [0.4, 0.5) is 0 Å². The van der Waals surface area contributed by atoms with Gasteiger partial charge in [-0.15, -0.1) is 0 Å². The van der Waals surface area contributed by atoms with Gasteiger partial charge in [-0.3, -0.25) is 0 Å². The van der Waals surface area contributed by atoms with Crippen molar-refractivity contribution < 1.29 is 20.1 Å². The summed E-state index contributed by atoms with van der Waals surface area (Å²) in [6.45, 7) is 13.0. The number of allylic oxidation sites excluding steroid dienone is 3. The Bertz CT molecular complexity index is 686. The van der Waals surface area contributed by atoms with Crippen molar-refractivity contribution in [1.29, 1.82) is 0 Å². The fourth-order valence-electron chi connectivity index (χ4n) is 6.13. The van der Waals surface area contributed by atoms with Gasteiger partial charge in [0.15, 0.2) is 0 Å². The van der Waals surface area contributed by atoms with Crippen LogP contribution in [0.15, 0.2) is 35.5 Å². The van der Waals surface area contributed by atoms with E-state index in [1.165, 1.54) is 31.3 Å². The van der Waals surface area contributed by atoms with E-state index in [1.807, 2.05) is 13.8 Å². The molecule has 0 saturated heterocycles. The second-order valence-corrected chi connectivity index (χ2v) is 10.8. The Morgan fingerprint density at radius 2 is 2.00 bits per heavy atom. The minimum Gasteiger partial charge on any atom is -0.393 e. The maximum atomic E-state index is 10.1. The zero-order chi connectivity index (χ0) is 22.1. The highest BCUT2D eigenvalue weighted by molar-refractivity contribution is 5.38. The van der Waals surface area contributed by atoms with Crippen LogP contribution in [0, 0.1) is 17.3 Å². The molecule has 3 rings (SSSR count). The van der Waals surface area contributed by atoms with Crippen LogP contribution in [0.3, 0.4) is 0 Å². The van der Waals surface area contributed by atoms with Crippen LogP contribution in [-0.4, -0.2) is 45.8 Å². The predicted molar refractivity (Wildman–Crippen MR) is 121 cm³/mol. The minimum absolute atomic E-state index is 0.198. The second kappa shape index (κ2) is 9.28. The normalized spacial score (nSPS) is 38.8. The van der Waals surface area contributed by atoms with Gasteiger partial charge in [0.05, 0.1) is 23.9 Å². The molecule has 0 amide bonds. The van der Waals surface area contributed by atoms with Gasteiger partial charge in [-0.05, 0) is 94.1 Å². The van der Waals surface area contributed by atoms with Crippen LogP contribution < -0.4 is 0 Å². The minimum atomic E-state index is -0.680. The third kappa shape index (κ3) is 5.27. The average Bonchev–Trinajstić information content (AvgIpc) is 3.00. The molecule has 4 nitrogen and oxygen atoms in total. The molecule has 3 aliphatic carbocycles. The van der Waals surface area contributed by atoms with E-state index >= 15 is 0 Å². The molecule has 6 atom stereocenters. The molecule has 3 N–H and O–H groups in total. The van der Waals surface area contributed by atoms with E-state index in [1.54, 1.807) is 0 Å². The van der Waals surface area contributed by atoms with Gasteiger partial charge in [0.2, 0.25) is 0 Å². The molecule has 0 radical (unpaired) electrons. The van der Waals surface area contributed by atoms with E-state index < -0.39 is 17.8 Å². The smallest absolute Gasteiger partial charge is 0.0811 e. The molecular weight excluding hydrogens is 376 g/mol. The van der Waals surface area contributed by atoms with Crippen molar-refractivity contribution in [3.05, 3.63) is 35.5 Å². The van der Waals surface area contributed by atoms with E-state index in [0.717, 1.165) is 17.6 Å². The number of aliphatic hydroxyl groups excluding tert-OH is 2. The number of hydrogen-bond acceptors (Lipinski definition) is 4. The quantitative estimate of drug-likeness (QED) is 0.585. The van der Waals surface area contributed by atoms with Crippen molar-refractivity contribution in [3.63, 3.8) is 0 Å². The van der Waals surface area contributed by atoms with Crippen LogP contribution in [0.1, 0.15) is 79.1 Å². The Hall–Kier alpha value is -0.940. The van der Waals surface area contributed by atoms with Crippen LogP contribution in [-0.2, 0) is 4.74 Å². The zero-order valence-electron chi connectivity index (χ0n) is 19.4. The van der Waals surface area contributed by atoms with E-state index in [0.29, 0.717) is 37.7 Å². The van der Waals surface area contributed by atoms with Gasteiger partial charge in [0.25, 0.3) is 0 Å². The summed E-state index contributed by atoms with van der Waals surface area (Å²) in [6.07, 6.45) is 11.0. The first-order chi connectivity index (χ1) is 14.0. The monoisotopic (exact) mass is 418 g/mol. The molecule has 30 heavy (non-hydrogen) atoms. The van der Waals surface area contributed by atoms with Crippen molar-refractivity contribution in [2.24, 2.45) is 17.3 Å². The Morgan fingerprint density at radius 3 is 2.70 bits per heavy atom. The fourth-order valence-corrected chi connectivity index (χ4v) is 6.13. The maximum absolute atomic E-state index is 10.1. The molecule has 0 bridgehead atoms. The molecule has 170 valence electrons. The summed E-state index contributed by atoms with van der Waals surface area (Å²) < 4.78 is 6.19. The Balaban J connectivity index is 1.70. The van der Waals surface area contributed by atoms with E-state index in [9.17, 15) is 15.3 Å². The summed E-state index contributed by atoms with van der Waals surface area (Å²) in [5.74, 6) is 1.11. The summed E-state index contributed by atoms with van der Waals surface area (Å²) in [6, 6.07) is 0. The Kier molecular flexibility index (Phi) is 7.33. The third-order valence-electron chi connectivity index (χ3n) is 7.96. The van der Waals surface area contributed by atoms with Gasteiger partial charge in [-0.2, -0.15) is 0 Å². The topological polar surface area (TPSA) is 69.9 Å². The van der Waals surface area contributed by atoms with Crippen LogP contribution in [0.5, 0.6) is 0 Å². The van der Waals surface area contributed by atoms with Gasteiger partial charge in [0.1, 0.15) is 0 Å². The molecule has 3 saturated carbocycles. The lowest BCUT2D eigenvalue weighted by Crippen LogP contribution is -2.39. The molecule has 3 unspecified atom stereocenters. The maximum Gasteiger partial charge on any atom is 0.0811 e. The lowest BCUT2D eigenvalue weighted by Gasteiger charge is -2.44. The van der Waals surface area contributed by atoms with E-state index in [4.69, 9.17) is 4.74 Å². The van der Waals surface area contributed by atoms with Gasteiger partial charge in [0, 0.05) is 13.0 Å². The van der Waals surface area contributed by atoms with Crippen molar-refractivity contribution in [3.8, 4) is 0 Å². The zero-order valence-corrected chi connectivity index (χ0v) is 19.4. The highest BCUT2D eigenvalue weighted by Gasteiger charge is 2.51. The SMILES string of the molecule is C=C1C(=CC=C2CCCC3(C)C2CC[C@@H]3[C@H](C)OCCC(C)(C)O)C[C@@H](O)CC1O. The number of fused-ring (bicyclic) bond motifs is 1. The summed E-state index contributed by atoms with van der Waals surface area (Å²) in [5, 5.41) is 30.1. The first-order valence-corrected chi connectivity index (χ1v) is 11.8. The third-order valence-corrected chi connectivity index (χ3v) is 7.96. The number of hydrogen-bond donors (Lipinski definition) is 3. The molecule has 0 aliphatic heterocycles. The molecule has 0 aromatic rings. The fraction of sp³-hybridized carbons (Fsp3) is 0.769. The van der Waals surface area contributed by atoms with Crippen molar-refractivity contribution in [1.82, 2.24) is 0 Å². The molecule has 0 heterocycles. The second-order valence-electron chi connectivity index (χ2n) is 10.8. The highest BCUT2D eigenvalue weighted by atomic mass is 16.5. The molecule has 3 fully saturated rings. The molecule has 0 aromatic carbocycles. The van der Waals surface area contributed by atoms with Crippen molar-refractivity contribution in [2.45, 2.75) is 103 Å². The van der Waals surface area contributed by atoms with Gasteiger partial charge in [-0.25, -0.2) is 0 Å². The van der Waals surface area contributed by atoms with Crippen molar-refractivity contribution >= 4 is 0 Å².